The van der Waals surface area contributed by atoms with Crippen LogP contribution in [-0.4, -0.2) is 48.1 Å². The van der Waals surface area contributed by atoms with Crippen molar-refractivity contribution in [3.05, 3.63) is 0 Å². The number of fused-ring (bicyclic) bond motifs is 1. The number of nitrogens with zero attached hydrogens (tertiary/aromatic N) is 2. The standard InChI is InChI=1S/C13H26N2/c1-10(2)12-7-13-9-14(11(3)4)5-6-15(13)8-12/h10-13H,5-9H2,1-4H3. The summed E-state index contributed by atoms with van der Waals surface area (Å²) in [6.45, 7) is 14.6. The molecule has 0 saturated carbocycles. The zero-order chi connectivity index (χ0) is 11.0. The highest BCUT2D eigenvalue weighted by atomic mass is 15.3. The number of piperazine rings is 1. The van der Waals surface area contributed by atoms with Crippen molar-refractivity contribution in [3.8, 4) is 0 Å². The normalized spacial score (nSPS) is 34.0. The first kappa shape index (κ1) is 11.4. The fourth-order valence-electron chi connectivity index (χ4n) is 3.06. The maximum absolute atomic E-state index is 2.73. The van der Waals surface area contributed by atoms with Crippen molar-refractivity contribution in [2.24, 2.45) is 11.8 Å². The van der Waals surface area contributed by atoms with Crippen LogP contribution in [0.1, 0.15) is 34.1 Å². The Hall–Kier alpha value is -0.0800. The first-order valence-corrected chi connectivity index (χ1v) is 6.56. The smallest absolute Gasteiger partial charge is 0.0227 e. The molecule has 2 aliphatic rings. The Morgan fingerprint density at radius 1 is 1.00 bits per heavy atom. The van der Waals surface area contributed by atoms with Gasteiger partial charge in [-0.15, -0.1) is 0 Å². The first-order valence-electron chi connectivity index (χ1n) is 6.56. The van der Waals surface area contributed by atoms with E-state index < -0.39 is 0 Å². The molecule has 2 saturated heterocycles. The second kappa shape index (κ2) is 4.42. The highest BCUT2D eigenvalue weighted by molar-refractivity contribution is 4.92. The first-order chi connectivity index (χ1) is 7.08. The third kappa shape index (κ3) is 2.36. The summed E-state index contributed by atoms with van der Waals surface area (Å²) in [5.41, 5.74) is 0. The molecule has 0 aromatic carbocycles. The van der Waals surface area contributed by atoms with Crippen molar-refractivity contribution in [1.29, 1.82) is 0 Å². The minimum absolute atomic E-state index is 0.727. The van der Waals surface area contributed by atoms with Gasteiger partial charge < -0.3 is 0 Å². The molecule has 15 heavy (non-hydrogen) atoms. The van der Waals surface area contributed by atoms with Crippen LogP contribution in [0.4, 0.5) is 0 Å². The highest BCUT2D eigenvalue weighted by Gasteiger charge is 2.37. The van der Waals surface area contributed by atoms with Gasteiger partial charge in [0.25, 0.3) is 0 Å². The maximum Gasteiger partial charge on any atom is 0.0227 e. The van der Waals surface area contributed by atoms with Crippen LogP contribution < -0.4 is 0 Å². The summed E-state index contributed by atoms with van der Waals surface area (Å²) in [6.07, 6.45) is 1.43. The lowest BCUT2D eigenvalue weighted by Crippen LogP contribution is -2.52. The van der Waals surface area contributed by atoms with Gasteiger partial charge in [0.2, 0.25) is 0 Å². The molecule has 88 valence electrons. The van der Waals surface area contributed by atoms with E-state index in [1.54, 1.807) is 0 Å². The lowest BCUT2D eigenvalue weighted by Gasteiger charge is -2.39. The molecule has 2 heterocycles. The number of rotatable bonds is 2. The number of hydrogen-bond acceptors (Lipinski definition) is 2. The van der Waals surface area contributed by atoms with E-state index in [4.69, 9.17) is 0 Å². The Balaban J connectivity index is 1.92. The Morgan fingerprint density at radius 2 is 1.73 bits per heavy atom. The van der Waals surface area contributed by atoms with E-state index in [2.05, 4.69) is 37.5 Å². The van der Waals surface area contributed by atoms with Crippen LogP contribution in [0.2, 0.25) is 0 Å². The van der Waals surface area contributed by atoms with E-state index in [1.165, 1.54) is 32.6 Å². The van der Waals surface area contributed by atoms with Gasteiger partial charge in [0.15, 0.2) is 0 Å². The molecule has 0 spiro atoms. The van der Waals surface area contributed by atoms with Crippen LogP contribution >= 0.6 is 0 Å². The third-order valence-electron chi connectivity index (χ3n) is 4.35. The van der Waals surface area contributed by atoms with E-state index in [1.807, 2.05) is 0 Å². The van der Waals surface area contributed by atoms with Crippen molar-refractivity contribution in [2.45, 2.75) is 46.2 Å². The average Bonchev–Trinajstić information content (AvgIpc) is 2.59. The summed E-state index contributed by atoms with van der Waals surface area (Å²) in [5.74, 6) is 1.81. The molecule has 0 amide bonds. The molecule has 2 rings (SSSR count). The summed E-state index contributed by atoms with van der Waals surface area (Å²) in [5, 5.41) is 0. The van der Waals surface area contributed by atoms with Gasteiger partial charge >= 0.3 is 0 Å². The second-order valence-electron chi connectivity index (χ2n) is 5.98. The molecular weight excluding hydrogens is 184 g/mol. The second-order valence-corrected chi connectivity index (χ2v) is 5.98. The molecule has 0 aromatic heterocycles. The summed E-state index contributed by atoms with van der Waals surface area (Å²) < 4.78 is 0. The van der Waals surface area contributed by atoms with Gasteiger partial charge in [-0.2, -0.15) is 0 Å². The van der Waals surface area contributed by atoms with Crippen molar-refractivity contribution < 1.29 is 0 Å². The SMILES string of the molecule is CC(C)C1CC2CN(C(C)C)CCN2C1. The molecule has 2 aliphatic heterocycles. The van der Waals surface area contributed by atoms with Gasteiger partial charge in [0, 0.05) is 38.3 Å². The highest BCUT2D eigenvalue weighted by Crippen LogP contribution is 2.31. The monoisotopic (exact) mass is 210 g/mol. The Morgan fingerprint density at radius 3 is 2.33 bits per heavy atom. The van der Waals surface area contributed by atoms with Crippen LogP contribution in [0.15, 0.2) is 0 Å². The predicted octanol–water partition coefficient (Wildman–Crippen LogP) is 2.06. The zero-order valence-corrected chi connectivity index (χ0v) is 10.7. The van der Waals surface area contributed by atoms with Crippen LogP contribution in [0, 0.1) is 11.8 Å². The summed E-state index contributed by atoms with van der Waals surface area (Å²) >= 11 is 0. The van der Waals surface area contributed by atoms with E-state index in [9.17, 15) is 0 Å². The lowest BCUT2D eigenvalue weighted by molar-refractivity contribution is 0.0823. The van der Waals surface area contributed by atoms with Gasteiger partial charge in [-0.25, -0.2) is 0 Å². The summed E-state index contributed by atoms with van der Waals surface area (Å²) in [6, 6.07) is 1.58. The quantitative estimate of drug-likeness (QED) is 0.688. The van der Waals surface area contributed by atoms with Gasteiger partial charge in [0.05, 0.1) is 0 Å². The van der Waals surface area contributed by atoms with E-state index in [0.717, 1.165) is 23.9 Å². The van der Waals surface area contributed by atoms with E-state index in [-0.39, 0.29) is 0 Å². The molecule has 0 radical (unpaired) electrons. The fourth-order valence-corrected chi connectivity index (χ4v) is 3.06. The molecule has 2 nitrogen and oxygen atoms in total. The van der Waals surface area contributed by atoms with E-state index in [0.29, 0.717) is 0 Å². The third-order valence-corrected chi connectivity index (χ3v) is 4.35. The van der Waals surface area contributed by atoms with Gasteiger partial charge in [-0.1, -0.05) is 13.8 Å². The maximum atomic E-state index is 2.73. The average molecular weight is 210 g/mol. The van der Waals surface area contributed by atoms with Crippen LogP contribution in [-0.2, 0) is 0 Å². The minimum atomic E-state index is 0.727. The van der Waals surface area contributed by atoms with Crippen LogP contribution in [0.25, 0.3) is 0 Å². The van der Waals surface area contributed by atoms with Crippen LogP contribution in [0.3, 0.4) is 0 Å². The molecule has 2 atom stereocenters. The largest absolute Gasteiger partial charge is 0.298 e. The van der Waals surface area contributed by atoms with Gasteiger partial charge in [-0.3, -0.25) is 9.80 Å². The zero-order valence-electron chi connectivity index (χ0n) is 10.7. The molecule has 0 N–H and O–H groups in total. The molecule has 0 aromatic rings. The van der Waals surface area contributed by atoms with Crippen molar-refractivity contribution in [2.75, 3.05) is 26.2 Å². The Bertz CT molecular complexity index is 207. The van der Waals surface area contributed by atoms with Crippen molar-refractivity contribution in [3.63, 3.8) is 0 Å². The summed E-state index contributed by atoms with van der Waals surface area (Å²) in [7, 11) is 0. The predicted molar refractivity (Wildman–Crippen MR) is 65.0 cm³/mol. The van der Waals surface area contributed by atoms with Crippen molar-refractivity contribution in [1.82, 2.24) is 9.80 Å². The van der Waals surface area contributed by atoms with Crippen LogP contribution in [0.5, 0.6) is 0 Å². The molecule has 2 fully saturated rings. The topological polar surface area (TPSA) is 6.48 Å². The molecule has 0 aliphatic carbocycles. The Kier molecular flexibility index (Phi) is 3.36. The number of hydrogen-bond donors (Lipinski definition) is 0. The van der Waals surface area contributed by atoms with E-state index >= 15 is 0 Å². The molecular formula is C13H26N2. The van der Waals surface area contributed by atoms with Gasteiger partial charge in [-0.05, 0) is 32.1 Å². The Labute approximate surface area is 94.6 Å². The van der Waals surface area contributed by atoms with Crippen molar-refractivity contribution >= 4 is 0 Å². The molecule has 2 unspecified atom stereocenters. The fraction of sp³-hybridized carbons (Fsp3) is 1.00. The lowest BCUT2D eigenvalue weighted by atomic mass is 9.93. The van der Waals surface area contributed by atoms with Gasteiger partial charge in [0.1, 0.15) is 0 Å². The minimum Gasteiger partial charge on any atom is -0.298 e. The summed E-state index contributed by atoms with van der Waals surface area (Å²) in [4.78, 5) is 5.37. The molecule has 0 bridgehead atoms. The molecule has 2 heteroatoms.